The minimum absolute atomic E-state index is 0.170. The van der Waals surface area contributed by atoms with Crippen molar-refractivity contribution in [2.75, 3.05) is 18.4 Å². The summed E-state index contributed by atoms with van der Waals surface area (Å²) in [5.74, 6) is 0. The van der Waals surface area contributed by atoms with E-state index in [0.717, 1.165) is 27.7 Å². The van der Waals surface area contributed by atoms with Gasteiger partial charge < -0.3 is 10.6 Å². The molecule has 0 unspecified atom stereocenters. The SMILES string of the molecule is Cc1cc(Br)c(NCCNC(C)(C)C)c(Br)c1. The first-order valence-corrected chi connectivity index (χ1v) is 7.33. The zero-order valence-electron chi connectivity index (χ0n) is 10.8. The average Bonchev–Trinajstić information content (AvgIpc) is 2.13. The molecule has 0 aromatic heterocycles. The van der Waals surface area contributed by atoms with Crippen LogP contribution in [0.3, 0.4) is 0 Å². The normalized spacial score (nSPS) is 11.6. The Morgan fingerprint density at radius 3 is 2.06 bits per heavy atom. The van der Waals surface area contributed by atoms with E-state index in [-0.39, 0.29) is 5.54 Å². The lowest BCUT2D eigenvalue weighted by Crippen LogP contribution is -2.38. The zero-order valence-corrected chi connectivity index (χ0v) is 14.0. The second kappa shape index (κ2) is 6.21. The van der Waals surface area contributed by atoms with Crippen molar-refractivity contribution < 1.29 is 0 Å². The van der Waals surface area contributed by atoms with E-state index in [4.69, 9.17) is 0 Å². The van der Waals surface area contributed by atoms with Crippen LogP contribution >= 0.6 is 31.9 Å². The van der Waals surface area contributed by atoms with Crippen LogP contribution in [-0.4, -0.2) is 18.6 Å². The van der Waals surface area contributed by atoms with Gasteiger partial charge in [0, 0.05) is 27.6 Å². The summed E-state index contributed by atoms with van der Waals surface area (Å²) in [6, 6.07) is 4.23. The van der Waals surface area contributed by atoms with Gasteiger partial charge in [-0.25, -0.2) is 0 Å². The molecule has 0 aliphatic carbocycles. The Morgan fingerprint density at radius 1 is 1.06 bits per heavy atom. The molecule has 4 heteroatoms. The molecule has 2 nitrogen and oxygen atoms in total. The Hall–Kier alpha value is -0.0600. The lowest BCUT2D eigenvalue weighted by molar-refractivity contribution is 0.435. The van der Waals surface area contributed by atoms with Gasteiger partial charge >= 0.3 is 0 Å². The van der Waals surface area contributed by atoms with E-state index < -0.39 is 0 Å². The molecule has 0 saturated heterocycles. The highest BCUT2D eigenvalue weighted by Gasteiger charge is 2.08. The monoisotopic (exact) mass is 362 g/mol. The zero-order chi connectivity index (χ0) is 13.1. The largest absolute Gasteiger partial charge is 0.382 e. The van der Waals surface area contributed by atoms with Crippen LogP contribution in [0.15, 0.2) is 21.1 Å². The molecule has 17 heavy (non-hydrogen) atoms. The number of aryl methyl sites for hydroxylation is 1. The maximum atomic E-state index is 3.58. The first-order valence-electron chi connectivity index (χ1n) is 5.74. The Morgan fingerprint density at radius 2 is 1.59 bits per heavy atom. The number of halogens is 2. The van der Waals surface area contributed by atoms with Crippen LogP contribution in [0.4, 0.5) is 5.69 Å². The van der Waals surface area contributed by atoms with Crippen molar-refractivity contribution in [1.29, 1.82) is 0 Å². The van der Waals surface area contributed by atoms with Crippen molar-refractivity contribution in [3.05, 3.63) is 26.6 Å². The highest BCUT2D eigenvalue weighted by Crippen LogP contribution is 2.31. The third kappa shape index (κ3) is 5.40. The molecule has 0 atom stereocenters. The maximum absolute atomic E-state index is 3.58. The highest BCUT2D eigenvalue weighted by atomic mass is 79.9. The van der Waals surface area contributed by atoms with Gasteiger partial charge in [-0.3, -0.25) is 0 Å². The van der Waals surface area contributed by atoms with Gasteiger partial charge in [0.2, 0.25) is 0 Å². The summed E-state index contributed by atoms with van der Waals surface area (Å²) in [5, 5.41) is 6.87. The van der Waals surface area contributed by atoms with Crippen LogP contribution in [0, 0.1) is 6.92 Å². The summed E-state index contributed by atoms with van der Waals surface area (Å²) in [5.41, 5.74) is 2.53. The van der Waals surface area contributed by atoms with E-state index in [9.17, 15) is 0 Å². The third-order valence-electron chi connectivity index (χ3n) is 2.27. The predicted molar refractivity (Wildman–Crippen MR) is 82.8 cm³/mol. The van der Waals surface area contributed by atoms with Crippen molar-refractivity contribution in [1.82, 2.24) is 5.32 Å². The number of hydrogen-bond donors (Lipinski definition) is 2. The first-order chi connectivity index (χ1) is 7.79. The summed E-state index contributed by atoms with van der Waals surface area (Å²) < 4.78 is 2.19. The molecule has 1 rings (SSSR count). The minimum atomic E-state index is 0.170. The molecule has 0 fully saturated rings. The molecule has 0 bridgehead atoms. The Labute approximate surface area is 121 Å². The molecule has 0 spiro atoms. The molecule has 96 valence electrons. The van der Waals surface area contributed by atoms with Gasteiger partial charge in [-0.05, 0) is 77.3 Å². The lowest BCUT2D eigenvalue weighted by Gasteiger charge is -2.21. The predicted octanol–water partition coefficient (Wildman–Crippen LogP) is 4.32. The Kier molecular flexibility index (Phi) is 5.48. The fourth-order valence-electron chi connectivity index (χ4n) is 1.49. The minimum Gasteiger partial charge on any atom is -0.382 e. The lowest BCUT2D eigenvalue weighted by atomic mass is 10.1. The van der Waals surface area contributed by atoms with E-state index in [1.165, 1.54) is 5.56 Å². The molecular formula is C13H20Br2N2. The summed E-state index contributed by atoms with van der Waals surface area (Å²) in [7, 11) is 0. The van der Waals surface area contributed by atoms with Crippen LogP contribution in [-0.2, 0) is 0 Å². The molecule has 2 N–H and O–H groups in total. The van der Waals surface area contributed by atoms with Crippen LogP contribution in [0.2, 0.25) is 0 Å². The van der Waals surface area contributed by atoms with E-state index in [0.29, 0.717) is 0 Å². The first kappa shape index (κ1) is 15.0. The highest BCUT2D eigenvalue weighted by molar-refractivity contribution is 9.11. The van der Waals surface area contributed by atoms with Crippen molar-refractivity contribution in [2.45, 2.75) is 33.2 Å². The topological polar surface area (TPSA) is 24.1 Å². The smallest absolute Gasteiger partial charge is 0.0629 e. The number of rotatable bonds is 4. The molecule has 0 saturated carbocycles. The molecule has 0 aliphatic heterocycles. The van der Waals surface area contributed by atoms with Gasteiger partial charge in [-0.2, -0.15) is 0 Å². The number of anilines is 1. The third-order valence-corrected chi connectivity index (χ3v) is 3.52. The van der Waals surface area contributed by atoms with Crippen molar-refractivity contribution in [3.63, 3.8) is 0 Å². The fourth-order valence-corrected chi connectivity index (χ4v) is 3.19. The van der Waals surface area contributed by atoms with Crippen molar-refractivity contribution >= 4 is 37.5 Å². The number of benzene rings is 1. The fraction of sp³-hybridized carbons (Fsp3) is 0.538. The molecule has 1 aromatic rings. The van der Waals surface area contributed by atoms with Gasteiger partial charge in [0.05, 0.1) is 5.69 Å². The molecule has 1 aromatic carbocycles. The number of hydrogen-bond acceptors (Lipinski definition) is 2. The van der Waals surface area contributed by atoms with Crippen molar-refractivity contribution in [2.24, 2.45) is 0 Å². The molecular weight excluding hydrogens is 344 g/mol. The maximum Gasteiger partial charge on any atom is 0.0629 e. The number of nitrogens with one attached hydrogen (secondary N) is 2. The summed E-state index contributed by atoms with van der Waals surface area (Å²) in [4.78, 5) is 0. The van der Waals surface area contributed by atoms with E-state index in [1.54, 1.807) is 0 Å². The molecule has 0 amide bonds. The Bertz CT molecular complexity index is 360. The summed E-state index contributed by atoms with van der Waals surface area (Å²) in [6.07, 6.45) is 0. The van der Waals surface area contributed by atoms with Gasteiger partial charge in [0.15, 0.2) is 0 Å². The second-order valence-corrected chi connectivity index (χ2v) is 6.92. The van der Waals surface area contributed by atoms with Gasteiger partial charge in [-0.15, -0.1) is 0 Å². The standard InChI is InChI=1S/C13H20Br2N2/c1-9-7-10(14)12(11(15)8-9)16-5-6-17-13(2,3)4/h7-8,16-17H,5-6H2,1-4H3. The van der Waals surface area contributed by atoms with Crippen molar-refractivity contribution in [3.8, 4) is 0 Å². The van der Waals surface area contributed by atoms with E-state index in [1.807, 2.05) is 0 Å². The average molecular weight is 364 g/mol. The van der Waals surface area contributed by atoms with Gasteiger partial charge in [0.1, 0.15) is 0 Å². The summed E-state index contributed by atoms with van der Waals surface area (Å²) >= 11 is 7.15. The summed E-state index contributed by atoms with van der Waals surface area (Å²) in [6.45, 7) is 10.4. The van der Waals surface area contributed by atoms with Gasteiger partial charge in [-0.1, -0.05) is 0 Å². The Balaban J connectivity index is 2.53. The molecule has 0 aliphatic rings. The van der Waals surface area contributed by atoms with Crippen LogP contribution in [0.5, 0.6) is 0 Å². The van der Waals surface area contributed by atoms with E-state index in [2.05, 4.69) is 82.3 Å². The van der Waals surface area contributed by atoms with Crippen LogP contribution in [0.25, 0.3) is 0 Å². The molecule has 0 radical (unpaired) electrons. The van der Waals surface area contributed by atoms with Gasteiger partial charge in [0.25, 0.3) is 0 Å². The van der Waals surface area contributed by atoms with E-state index >= 15 is 0 Å². The second-order valence-electron chi connectivity index (χ2n) is 5.21. The molecule has 0 heterocycles. The van der Waals surface area contributed by atoms with Crippen LogP contribution in [0.1, 0.15) is 26.3 Å². The van der Waals surface area contributed by atoms with Crippen LogP contribution < -0.4 is 10.6 Å². The quantitative estimate of drug-likeness (QED) is 0.778.